The normalized spacial score (nSPS) is 16.0. The van der Waals surface area contributed by atoms with Gasteiger partial charge in [-0.1, -0.05) is 6.07 Å². The summed E-state index contributed by atoms with van der Waals surface area (Å²) < 4.78 is 99.3. The van der Waals surface area contributed by atoms with E-state index in [-0.39, 0.29) is 11.3 Å². The van der Waals surface area contributed by atoms with Crippen LogP contribution >= 0.6 is 7.82 Å². The maximum Gasteiger partial charge on any atom is 0.472 e. The first-order valence-electron chi connectivity index (χ1n) is 9.06. The maximum atomic E-state index is 13.2. The Bertz CT molecular complexity index is 1190. The Morgan fingerprint density at radius 2 is 1.73 bits per heavy atom. The van der Waals surface area contributed by atoms with Crippen LogP contribution in [0.15, 0.2) is 47.4 Å². The van der Waals surface area contributed by atoms with E-state index in [0.29, 0.717) is 6.07 Å². The Morgan fingerprint density at radius 1 is 1.15 bits per heavy atom. The monoisotopic (exact) mass is 513 g/mol. The summed E-state index contributed by atoms with van der Waals surface area (Å²) in [5, 5.41) is 2.08. The van der Waals surface area contributed by atoms with Crippen LogP contribution in [0.3, 0.4) is 0 Å². The van der Waals surface area contributed by atoms with Gasteiger partial charge >= 0.3 is 14.0 Å². The lowest BCUT2D eigenvalue weighted by molar-refractivity contribution is -0.138. The molecule has 0 aromatic heterocycles. The highest BCUT2D eigenvalue weighted by Gasteiger charge is 2.46. The number of aryl methyl sites for hydroxylation is 1. The van der Waals surface area contributed by atoms with Gasteiger partial charge in [-0.2, -0.15) is 13.2 Å². The Morgan fingerprint density at radius 3 is 2.24 bits per heavy atom. The number of amides is 1. The van der Waals surface area contributed by atoms with Gasteiger partial charge in [0.15, 0.2) is 15.4 Å². The average molecular weight is 513 g/mol. The fraction of sp³-hybridized carbons (Fsp3) is 0.316. The van der Waals surface area contributed by atoms with Crippen molar-refractivity contribution in [2.24, 2.45) is 0 Å². The third-order valence-electron chi connectivity index (χ3n) is 4.47. The van der Waals surface area contributed by atoms with Gasteiger partial charge in [0.2, 0.25) is 0 Å². The highest BCUT2D eigenvalue weighted by atomic mass is 32.2. The summed E-state index contributed by atoms with van der Waals surface area (Å²) in [4.78, 5) is 22.2. The van der Waals surface area contributed by atoms with Crippen molar-refractivity contribution >= 4 is 29.3 Å². The summed E-state index contributed by atoms with van der Waals surface area (Å²) in [6, 6.07) is 6.35. The van der Waals surface area contributed by atoms with Crippen molar-refractivity contribution in [2.75, 3.05) is 18.2 Å². The van der Waals surface area contributed by atoms with Crippen molar-refractivity contribution < 1.29 is 49.3 Å². The Kier molecular flexibility index (Phi) is 7.76. The molecule has 2 N–H and O–H groups in total. The van der Waals surface area contributed by atoms with Crippen LogP contribution in [0.4, 0.5) is 23.2 Å². The third-order valence-corrected chi connectivity index (χ3v) is 7.48. The molecule has 0 saturated heterocycles. The molecule has 0 aliphatic rings. The van der Waals surface area contributed by atoms with E-state index >= 15 is 0 Å². The van der Waals surface area contributed by atoms with Crippen molar-refractivity contribution in [1.29, 1.82) is 0 Å². The van der Waals surface area contributed by atoms with E-state index in [1.165, 1.54) is 6.92 Å². The summed E-state index contributed by atoms with van der Waals surface area (Å²) in [6.45, 7) is 2.06. The molecular formula is C19H20F4NO7PS. The van der Waals surface area contributed by atoms with E-state index in [1.54, 1.807) is 0 Å². The molecule has 1 amide bonds. The fourth-order valence-corrected chi connectivity index (χ4v) is 5.23. The lowest BCUT2D eigenvalue weighted by atomic mass is 10.1. The summed E-state index contributed by atoms with van der Waals surface area (Å²) in [5.41, 5.74) is -4.14. The molecule has 0 aliphatic heterocycles. The van der Waals surface area contributed by atoms with Crippen LogP contribution < -0.4 is 5.32 Å². The minimum Gasteiger partial charge on any atom is -0.324 e. The molecule has 0 fully saturated rings. The van der Waals surface area contributed by atoms with Crippen LogP contribution in [0.25, 0.3) is 0 Å². The summed E-state index contributed by atoms with van der Waals surface area (Å²) in [7, 11) is -8.59. The number of rotatable bonds is 8. The van der Waals surface area contributed by atoms with Crippen molar-refractivity contribution in [3.63, 3.8) is 0 Å². The number of phosphoric ester groups is 1. The number of alkyl halides is 3. The van der Waals surface area contributed by atoms with Gasteiger partial charge in [0.05, 0.1) is 16.2 Å². The second-order valence-corrected chi connectivity index (χ2v) is 10.6. The number of phosphoric acid groups is 1. The molecule has 14 heteroatoms. The topological polar surface area (TPSA) is 119 Å². The molecule has 2 aromatic carbocycles. The largest absolute Gasteiger partial charge is 0.472 e. The van der Waals surface area contributed by atoms with Crippen LogP contribution in [-0.4, -0.2) is 37.7 Å². The highest BCUT2D eigenvalue weighted by Crippen LogP contribution is 2.47. The predicted molar refractivity (Wildman–Crippen MR) is 110 cm³/mol. The maximum absolute atomic E-state index is 13.2. The standard InChI is InChI=1S/C19H20F4NO7PS/c1-12-4-7-14(10-16(12)19(21,22)23)24-17(25)18(2,31-32(26,27)30-3)11-33(28,29)15-8-5-13(20)6-9-15/h4-10H,11H2,1-3H3,(H,24,25)(H,26,27)/t18-/m0/s1. The number of halogens is 4. The number of benzene rings is 2. The molecule has 0 heterocycles. The molecule has 182 valence electrons. The molecule has 2 rings (SSSR count). The van der Waals surface area contributed by atoms with Gasteiger partial charge in [0, 0.05) is 12.8 Å². The molecule has 8 nitrogen and oxygen atoms in total. The third kappa shape index (κ3) is 6.84. The minimum atomic E-state index is -4.95. The molecular weight excluding hydrogens is 493 g/mol. The molecule has 2 aromatic rings. The average Bonchev–Trinajstić information content (AvgIpc) is 2.68. The van der Waals surface area contributed by atoms with E-state index < -0.39 is 57.4 Å². The number of anilines is 1. The number of nitrogens with one attached hydrogen (secondary N) is 1. The van der Waals surface area contributed by atoms with Crippen LogP contribution in [0.2, 0.25) is 0 Å². The molecule has 0 bridgehead atoms. The Hall–Kier alpha value is -2.31. The van der Waals surface area contributed by atoms with Crippen molar-refractivity contribution in [3.8, 4) is 0 Å². The van der Waals surface area contributed by atoms with Gasteiger partial charge < -0.3 is 10.2 Å². The van der Waals surface area contributed by atoms with Crippen molar-refractivity contribution in [2.45, 2.75) is 30.5 Å². The van der Waals surface area contributed by atoms with E-state index in [9.17, 15) is 40.2 Å². The second kappa shape index (κ2) is 9.51. The first-order chi connectivity index (χ1) is 15.0. The second-order valence-electron chi connectivity index (χ2n) is 7.17. The van der Waals surface area contributed by atoms with Gasteiger partial charge in [-0.05, 0) is 55.8 Å². The number of sulfone groups is 1. The zero-order chi connectivity index (χ0) is 25.2. The Labute approximate surface area is 187 Å². The van der Waals surface area contributed by atoms with Crippen LogP contribution in [0.1, 0.15) is 18.1 Å². The number of hydrogen-bond acceptors (Lipinski definition) is 6. The molecule has 33 heavy (non-hydrogen) atoms. The quantitative estimate of drug-likeness (QED) is 0.310. The first kappa shape index (κ1) is 26.9. The van der Waals surface area contributed by atoms with Crippen LogP contribution in [-0.2, 0) is 34.4 Å². The fourth-order valence-electron chi connectivity index (χ4n) is 2.78. The molecule has 2 atom stereocenters. The molecule has 1 unspecified atom stereocenters. The SMILES string of the molecule is COP(=O)(O)O[C@@](C)(CS(=O)(=O)c1ccc(F)cc1)C(=O)Nc1ccc(C)c(C(F)(F)F)c1. The molecule has 0 radical (unpaired) electrons. The van der Waals surface area contributed by atoms with Crippen LogP contribution in [0.5, 0.6) is 0 Å². The van der Waals surface area contributed by atoms with Gasteiger partial charge in [-0.25, -0.2) is 17.4 Å². The van der Waals surface area contributed by atoms with Crippen molar-refractivity contribution in [1.82, 2.24) is 0 Å². The lowest BCUT2D eigenvalue weighted by Crippen LogP contribution is -2.47. The zero-order valence-corrected chi connectivity index (χ0v) is 19.2. The summed E-state index contributed by atoms with van der Waals surface area (Å²) in [6.07, 6.45) is -4.73. The summed E-state index contributed by atoms with van der Waals surface area (Å²) in [5.74, 6) is -3.29. The van der Waals surface area contributed by atoms with E-state index in [0.717, 1.165) is 50.4 Å². The van der Waals surface area contributed by atoms with E-state index in [1.807, 2.05) is 0 Å². The van der Waals surface area contributed by atoms with Gasteiger partial charge in [-0.3, -0.25) is 13.8 Å². The summed E-state index contributed by atoms with van der Waals surface area (Å²) >= 11 is 0. The molecule has 0 saturated carbocycles. The predicted octanol–water partition coefficient (Wildman–Crippen LogP) is 4.09. The van der Waals surface area contributed by atoms with Gasteiger partial charge in [0.1, 0.15) is 5.82 Å². The van der Waals surface area contributed by atoms with Gasteiger partial charge in [0.25, 0.3) is 5.91 Å². The molecule has 0 spiro atoms. The first-order valence-corrected chi connectivity index (χ1v) is 12.2. The zero-order valence-electron chi connectivity index (χ0n) is 17.5. The Balaban J connectivity index is 2.45. The van der Waals surface area contributed by atoms with Crippen LogP contribution in [0, 0.1) is 12.7 Å². The van der Waals surface area contributed by atoms with E-state index in [2.05, 4.69) is 9.84 Å². The van der Waals surface area contributed by atoms with Gasteiger partial charge in [-0.15, -0.1) is 0 Å². The van der Waals surface area contributed by atoms with Crippen molar-refractivity contribution in [3.05, 3.63) is 59.4 Å². The number of carbonyl (C=O) groups is 1. The van der Waals surface area contributed by atoms with E-state index in [4.69, 9.17) is 4.52 Å². The minimum absolute atomic E-state index is 0.127. The number of carbonyl (C=O) groups excluding carboxylic acids is 1. The number of hydrogen-bond donors (Lipinski definition) is 2. The highest BCUT2D eigenvalue weighted by molar-refractivity contribution is 7.91. The molecule has 0 aliphatic carbocycles. The smallest absolute Gasteiger partial charge is 0.324 e. The lowest BCUT2D eigenvalue weighted by Gasteiger charge is -2.29.